The van der Waals surface area contributed by atoms with Gasteiger partial charge >= 0.3 is 0 Å². The van der Waals surface area contributed by atoms with Gasteiger partial charge in [0, 0.05) is 16.1 Å². The monoisotopic (exact) mass is 343 g/mol. The van der Waals surface area contributed by atoms with Crippen LogP contribution in [0, 0.1) is 4.77 Å². The summed E-state index contributed by atoms with van der Waals surface area (Å²) in [6, 6.07) is 12.4. The van der Waals surface area contributed by atoms with Crippen molar-refractivity contribution in [2.45, 2.75) is 4.90 Å². The van der Waals surface area contributed by atoms with E-state index in [1.807, 2.05) is 30.5 Å². The number of nitrogens with one attached hydrogen (secondary N) is 3. The Bertz CT molecular complexity index is 1010. The molecule has 0 saturated carbocycles. The number of aromatic nitrogens is 2. The van der Waals surface area contributed by atoms with Crippen molar-refractivity contribution in [1.29, 1.82) is 0 Å². The third-order valence-corrected chi connectivity index (χ3v) is 4.26. The summed E-state index contributed by atoms with van der Waals surface area (Å²) in [5.41, 5.74) is 1.43. The number of thioether (sulfide) groups is 1. The maximum Gasteiger partial charge on any atom is 0.259 e. The second-order valence-electron chi connectivity index (χ2n) is 4.85. The molecule has 0 atom stereocenters. The molecule has 0 spiro atoms. The lowest BCUT2D eigenvalue weighted by Gasteiger charge is -2.07. The summed E-state index contributed by atoms with van der Waals surface area (Å²) in [5, 5.41) is 3.31. The van der Waals surface area contributed by atoms with E-state index in [9.17, 15) is 9.59 Å². The lowest BCUT2D eigenvalue weighted by atomic mass is 10.1. The van der Waals surface area contributed by atoms with Crippen molar-refractivity contribution in [2.75, 3.05) is 11.6 Å². The van der Waals surface area contributed by atoms with Crippen molar-refractivity contribution in [3.63, 3.8) is 0 Å². The quantitative estimate of drug-likeness (QED) is 0.502. The highest BCUT2D eigenvalue weighted by molar-refractivity contribution is 7.98. The molecule has 3 N–H and O–H groups in total. The number of hydrogen-bond acceptors (Lipinski definition) is 4. The van der Waals surface area contributed by atoms with Gasteiger partial charge in [-0.15, -0.1) is 11.8 Å². The van der Waals surface area contributed by atoms with E-state index in [1.54, 1.807) is 30.0 Å². The lowest BCUT2D eigenvalue weighted by Crippen LogP contribution is -2.13. The van der Waals surface area contributed by atoms with E-state index in [-0.39, 0.29) is 16.2 Å². The molecule has 0 radical (unpaired) electrons. The number of carbonyl (C=O) groups excluding carboxylic acids is 1. The number of rotatable bonds is 3. The van der Waals surface area contributed by atoms with Gasteiger partial charge in [-0.05, 0) is 54.9 Å². The zero-order valence-corrected chi connectivity index (χ0v) is 13.8. The predicted octanol–water partition coefficient (Wildman–Crippen LogP) is 3.56. The van der Waals surface area contributed by atoms with Gasteiger partial charge < -0.3 is 10.3 Å². The van der Waals surface area contributed by atoms with E-state index < -0.39 is 0 Å². The first-order chi connectivity index (χ1) is 11.1. The van der Waals surface area contributed by atoms with Gasteiger partial charge in [0.1, 0.15) is 0 Å². The van der Waals surface area contributed by atoms with E-state index in [4.69, 9.17) is 12.2 Å². The molecule has 0 saturated heterocycles. The van der Waals surface area contributed by atoms with Gasteiger partial charge in [-0.2, -0.15) is 0 Å². The van der Waals surface area contributed by atoms with E-state index in [2.05, 4.69) is 15.3 Å². The number of anilines is 1. The van der Waals surface area contributed by atoms with E-state index >= 15 is 0 Å². The lowest BCUT2D eigenvalue weighted by molar-refractivity contribution is 0.102. The predicted molar refractivity (Wildman–Crippen MR) is 95.9 cm³/mol. The topological polar surface area (TPSA) is 77.8 Å². The van der Waals surface area contributed by atoms with Crippen molar-refractivity contribution < 1.29 is 4.79 Å². The van der Waals surface area contributed by atoms with Gasteiger partial charge in [-0.25, -0.2) is 0 Å². The highest BCUT2D eigenvalue weighted by Gasteiger charge is 2.09. The maximum absolute atomic E-state index is 12.4. The first-order valence-corrected chi connectivity index (χ1v) is 8.42. The van der Waals surface area contributed by atoms with Gasteiger partial charge in [-0.3, -0.25) is 14.6 Å². The molecule has 0 fully saturated rings. The Balaban J connectivity index is 1.94. The fourth-order valence-electron chi connectivity index (χ4n) is 2.22. The molecule has 0 unspecified atom stereocenters. The summed E-state index contributed by atoms with van der Waals surface area (Å²) >= 11 is 6.56. The van der Waals surface area contributed by atoms with Gasteiger partial charge in [0.05, 0.1) is 10.9 Å². The third-order valence-electron chi connectivity index (χ3n) is 3.33. The number of aromatic amines is 2. The van der Waals surface area contributed by atoms with Crippen LogP contribution in [0.3, 0.4) is 0 Å². The second kappa shape index (κ2) is 6.39. The Morgan fingerprint density at radius 2 is 2.00 bits per heavy atom. The van der Waals surface area contributed by atoms with Crippen LogP contribution in [-0.4, -0.2) is 22.1 Å². The van der Waals surface area contributed by atoms with Gasteiger partial charge in [0.25, 0.3) is 11.5 Å². The molecule has 1 heterocycles. The van der Waals surface area contributed by atoms with Crippen LogP contribution < -0.4 is 10.9 Å². The SMILES string of the molecule is CSc1cccc(NC(=O)c2ccc3c(=O)[nH]c(=S)[nH]c3c2)c1. The summed E-state index contributed by atoms with van der Waals surface area (Å²) in [5.74, 6) is -0.246. The smallest absolute Gasteiger partial charge is 0.259 e. The minimum Gasteiger partial charge on any atom is -0.332 e. The number of H-pyrrole nitrogens is 2. The maximum atomic E-state index is 12.4. The Hall–Kier alpha value is -2.38. The van der Waals surface area contributed by atoms with Crippen molar-refractivity contribution in [2.24, 2.45) is 0 Å². The van der Waals surface area contributed by atoms with Crippen LogP contribution in [0.15, 0.2) is 52.2 Å². The van der Waals surface area contributed by atoms with Crippen LogP contribution in [0.4, 0.5) is 5.69 Å². The van der Waals surface area contributed by atoms with E-state index in [0.717, 1.165) is 10.6 Å². The molecule has 2 aromatic carbocycles. The number of hydrogen-bond donors (Lipinski definition) is 3. The summed E-state index contributed by atoms with van der Waals surface area (Å²) in [4.78, 5) is 30.6. The molecule has 5 nitrogen and oxygen atoms in total. The normalized spacial score (nSPS) is 10.7. The molecular weight excluding hydrogens is 330 g/mol. The molecule has 1 amide bonds. The molecule has 1 aromatic heterocycles. The highest BCUT2D eigenvalue weighted by Crippen LogP contribution is 2.20. The number of benzene rings is 2. The Kier molecular flexibility index (Phi) is 4.31. The zero-order valence-electron chi connectivity index (χ0n) is 12.2. The zero-order chi connectivity index (χ0) is 16.4. The third kappa shape index (κ3) is 3.35. The van der Waals surface area contributed by atoms with Crippen LogP contribution in [0.25, 0.3) is 10.9 Å². The van der Waals surface area contributed by atoms with Crippen molar-refractivity contribution in [3.05, 3.63) is 63.2 Å². The molecule has 0 aliphatic heterocycles. The van der Waals surface area contributed by atoms with Crippen LogP contribution >= 0.6 is 24.0 Å². The summed E-state index contributed by atoms with van der Waals surface area (Å²) in [6.45, 7) is 0. The Morgan fingerprint density at radius 1 is 1.17 bits per heavy atom. The van der Waals surface area contributed by atoms with Gasteiger partial charge in [0.15, 0.2) is 4.77 Å². The van der Waals surface area contributed by atoms with Crippen LogP contribution in [0.1, 0.15) is 10.4 Å². The first kappa shape index (κ1) is 15.5. The second-order valence-corrected chi connectivity index (χ2v) is 6.14. The number of carbonyl (C=O) groups is 1. The number of fused-ring (bicyclic) bond motifs is 1. The average molecular weight is 343 g/mol. The van der Waals surface area contributed by atoms with Gasteiger partial charge in [0.2, 0.25) is 0 Å². The van der Waals surface area contributed by atoms with E-state index in [1.165, 1.54) is 0 Å². The summed E-state index contributed by atoms with van der Waals surface area (Å²) in [7, 11) is 0. The van der Waals surface area contributed by atoms with E-state index in [0.29, 0.717) is 16.5 Å². The molecule has 3 rings (SSSR count). The van der Waals surface area contributed by atoms with Crippen molar-refractivity contribution in [1.82, 2.24) is 9.97 Å². The first-order valence-electron chi connectivity index (χ1n) is 6.78. The number of amides is 1. The Labute approximate surface area is 141 Å². The minimum atomic E-state index is -0.275. The average Bonchev–Trinajstić information content (AvgIpc) is 2.54. The van der Waals surface area contributed by atoms with Crippen LogP contribution in [-0.2, 0) is 0 Å². The molecule has 3 aromatic rings. The largest absolute Gasteiger partial charge is 0.332 e. The molecule has 0 aliphatic carbocycles. The minimum absolute atomic E-state index is 0.229. The highest BCUT2D eigenvalue weighted by atomic mass is 32.2. The molecule has 0 bridgehead atoms. The summed E-state index contributed by atoms with van der Waals surface area (Å²) < 4.78 is 0.229. The van der Waals surface area contributed by atoms with Crippen molar-refractivity contribution in [3.8, 4) is 0 Å². The standard InChI is InChI=1S/C16H13N3O2S2/c1-23-11-4-2-3-10(8-11)17-14(20)9-5-6-12-13(7-9)18-16(22)19-15(12)21/h2-8H,1H3,(H,17,20)(H2,18,19,21,22). The van der Waals surface area contributed by atoms with Crippen LogP contribution in [0.5, 0.6) is 0 Å². The molecule has 116 valence electrons. The Morgan fingerprint density at radius 3 is 2.78 bits per heavy atom. The van der Waals surface area contributed by atoms with Gasteiger partial charge in [-0.1, -0.05) is 6.07 Å². The van der Waals surface area contributed by atoms with Crippen LogP contribution in [0.2, 0.25) is 0 Å². The fraction of sp³-hybridized carbons (Fsp3) is 0.0625. The fourth-order valence-corrected chi connectivity index (χ4v) is 2.88. The molecule has 23 heavy (non-hydrogen) atoms. The van der Waals surface area contributed by atoms with Crippen molar-refractivity contribution >= 4 is 46.5 Å². The molecular formula is C16H13N3O2S2. The molecule has 0 aliphatic rings. The molecule has 7 heteroatoms. The summed E-state index contributed by atoms with van der Waals surface area (Å²) in [6.07, 6.45) is 1.98.